The van der Waals surface area contributed by atoms with Crippen LogP contribution < -0.4 is 10.6 Å². The van der Waals surface area contributed by atoms with E-state index in [2.05, 4.69) is 76.1 Å². The molecule has 0 aliphatic rings. The van der Waals surface area contributed by atoms with Crippen molar-refractivity contribution in [1.29, 1.82) is 0 Å². The second-order valence-electron chi connectivity index (χ2n) is 7.11. The Morgan fingerprint density at radius 2 is 1.66 bits per heavy atom. The Kier molecular flexibility index (Phi) is 7.90. The highest BCUT2D eigenvalue weighted by Crippen LogP contribution is 2.13. The Bertz CT molecular complexity index is 875. The van der Waals surface area contributed by atoms with Gasteiger partial charge >= 0.3 is 0 Å². The fourth-order valence-corrected chi connectivity index (χ4v) is 3.27. The Morgan fingerprint density at radius 1 is 0.897 bits per heavy atom. The maximum absolute atomic E-state index is 5.46. The Labute approximate surface area is 173 Å². The summed E-state index contributed by atoms with van der Waals surface area (Å²) in [5, 5.41) is 6.83. The molecule has 0 aliphatic carbocycles. The van der Waals surface area contributed by atoms with Crippen LogP contribution in [0.5, 0.6) is 0 Å². The Balaban J connectivity index is 1.50. The predicted molar refractivity (Wildman–Crippen MR) is 119 cm³/mol. The third kappa shape index (κ3) is 6.80. The van der Waals surface area contributed by atoms with Gasteiger partial charge in [0, 0.05) is 26.7 Å². The van der Waals surface area contributed by atoms with Crippen molar-refractivity contribution in [1.82, 2.24) is 15.5 Å². The van der Waals surface area contributed by atoms with E-state index >= 15 is 0 Å². The van der Waals surface area contributed by atoms with E-state index in [9.17, 15) is 0 Å². The van der Waals surface area contributed by atoms with Gasteiger partial charge in [0.15, 0.2) is 5.96 Å². The first-order valence-electron chi connectivity index (χ1n) is 10.0. The molecule has 0 atom stereocenters. The van der Waals surface area contributed by atoms with Crippen molar-refractivity contribution >= 4 is 5.96 Å². The molecule has 1 aromatic heterocycles. The zero-order chi connectivity index (χ0) is 20.3. The van der Waals surface area contributed by atoms with Gasteiger partial charge in [0.05, 0.1) is 12.8 Å². The van der Waals surface area contributed by atoms with Crippen LogP contribution in [0.15, 0.2) is 82.4 Å². The highest BCUT2D eigenvalue weighted by atomic mass is 16.3. The molecule has 0 unspecified atom stereocenters. The van der Waals surface area contributed by atoms with Gasteiger partial charge in [0.1, 0.15) is 5.76 Å². The summed E-state index contributed by atoms with van der Waals surface area (Å²) in [6, 6.07) is 22.9. The minimum atomic E-state index is 0.732. The highest BCUT2D eigenvalue weighted by Gasteiger charge is 2.08. The molecular formula is C24H30N4O. The lowest BCUT2D eigenvalue weighted by atomic mass is 10.1. The Morgan fingerprint density at radius 3 is 2.38 bits per heavy atom. The van der Waals surface area contributed by atoms with E-state index < -0.39 is 0 Å². The number of nitrogens with one attached hydrogen (secondary N) is 2. The van der Waals surface area contributed by atoms with Gasteiger partial charge in [-0.15, -0.1) is 0 Å². The van der Waals surface area contributed by atoms with Crippen molar-refractivity contribution in [2.75, 3.05) is 20.6 Å². The van der Waals surface area contributed by atoms with Crippen molar-refractivity contribution in [3.8, 4) is 0 Å². The van der Waals surface area contributed by atoms with E-state index in [0.717, 1.165) is 44.3 Å². The number of nitrogens with zero attached hydrogens (tertiary/aromatic N) is 2. The maximum Gasteiger partial charge on any atom is 0.191 e. The molecule has 0 radical (unpaired) electrons. The lowest BCUT2D eigenvalue weighted by Gasteiger charge is -2.19. The van der Waals surface area contributed by atoms with Crippen LogP contribution in [0.25, 0.3) is 0 Å². The van der Waals surface area contributed by atoms with Crippen molar-refractivity contribution < 1.29 is 4.42 Å². The maximum atomic E-state index is 5.46. The van der Waals surface area contributed by atoms with Gasteiger partial charge in [-0.25, -0.2) is 0 Å². The second kappa shape index (κ2) is 11.1. The summed E-state index contributed by atoms with van der Waals surface area (Å²) < 4.78 is 5.46. The van der Waals surface area contributed by atoms with E-state index in [0.29, 0.717) is 0 Å². The quantitative estimate of drug-likeness (QED) is 0.431. The van der Waals surface area contributed by atoms with Crippen LogP contribution in [-0.2, 0) is 26.1 Å². The fourth-order valence-electron chi connectivity index (χ4n) is 3.27. The minimum Gasteiger partial charge on any atom is -0.468 e. The minimum absolute atomic E-state index is 0.732. The third-order valence-electron chi connectivity index (χ3n) is 4.78. The molecule has 3 aromatic rings. The van der Waals surface area contributed by atoms with Crippen LogP contribution in [0.3, 0.4) is 0 Å². The van der Waals surface area contributed by atoms with Crippen molar-refractivity contribution in [3.63, 3.8) is 0 Å². The first-order valence-corrected chi connectivity index (χ1v) is 10.0. The van der Waals surface area contributed by atoms with Gasteiger partial charge in [-0.3, -0.25) is 9.89 Å². The normalized spacial score (nSPS) is 11.6. The molecule has 152 valence electrons. The van der Waals surface area contributed by atoms with Crippen LogP contribution in [0.2, 0.25) is 0 Å². The van der Waals surface area contributed by atoms with Crippen LogP contribution in [0.4, 0.5) is 0 Å². The number of benzene rings is 2. The molecule has 5 nitrogen and oxygen atoms in total. The largest absolute Gasteiger partial charge is 0.468 e. The zero-order valence-corrected chi connectivity index (χ0v) is 17.3. The number of hydrogen-bond acceptors (Lipinski definition) is 3. The summed E-state index contributed by atoms with van der Waals surface area (Å²) >= 11 is 0. The molecular weight excluding hydrogens is 360 g/mol. The average molecular weight is 391 g/mol. The topological polar surface area (TPSA) is 52.8 Å². The summed E-state index contributed by atoms with van der Waals surface area (Å²) in [7, 11) is 3.91. The standard InChI is InChI=1S/C24H30N4O/c1-25-24(26-15-14-20-9-4-3-5-10-20)27-17-21-11-6-7-12-22(21)18-28(2)19-23-13-8-16-29-23/h3-13,16H,14-15,17-19H2,1-2H3,(H2,25,26,27). The summed E-state index contributed by atoms with van der Waals surface area (Å²) in [6.07, 6.45) is 2.69. The van der Waals surface area contributed by atoms with Crippen LogP contribution in [-0.4, -0.2) is 31.5 Å². The molecule has 0 saturated heterocycles. The smallest absolute Gasteiger partial charge is 0.191 e. The van der Waals surface area contributed by atoms with Gasteiger partial charge < -0.3 is 15.1 Å². The van der Waals surface area contributed by atoms with Crippen molar-refractivity contribution in [3.05, 3.63) is 95.4 Å². The Hall–Kier alpha value is -3.05. The molecule has 0 amide bonds. The molecule has 0 saturated carbocycles. The zero-order valence-electron chi connectivity index (χ0n) is 17.3. The van der Waals surface area contributed by atoms with E-state index in [1.807, 2.05) is 18.2 Å². The molecule has 29 heavy (non-hydrogen) atoms. The molecule has 2 N–H and O–H groups in total. The number of aliphatic imine (C=N–C) groups is 1. The van der Waals surface area contributed by atoms with Crippen LogP contribution >= 0.6 is 0 Å². The summed E-state index contributed by atoms with van der Waals surface area (Å²) in [5.41, 5.74) is 3.89. The summed E-state index contributed by atoms with van der Waals surface area (Å²) in [4.78, 5) is 6.60. The third-order valence-corrected chi connectivity index (χ3v) is 4.78. The number of furan rings is 1. The monoisotopic (exact) mass is 390 g/mol. The lowest BCUT2D eigenvalue weighted by molar-refractivity contribution is 0.287. The molecule has 1 heterocycles. The highest BCUT2D eigenvalue weighted by molar-refractivity contribution is 5.79. The van der Waals surface area contributed by atoms with Gasteiger partial charge in [-0.2, -0.15) is 0 Å². The van der Waals surface area contributed by atoms with Crippen LogP contribution in [0.1, 0.15) is 22.5 Å². The average Bonchev–Trinajstić information content (AvgIpc) is 3.25. The molecule has 0 aliphatic heterocycles. The second-order valence-corrected chi connectivity index (χ2v) is 7.11. The van der Waals surface area contributed by atoms with Crippen molar-refractivity contribution in [2.24, 2.45) is 4.99 Å². The van der Waals surface area contributed by atoms with Crippen LogP contribution in [0, 0.1) is 0 Å². The van der Waals surface area contributed by atoms with E-state index in [-0.39, 0.29) is 0 Å². The first-order chi connectivity index (χ1) is 14.2. The van der Waals surface area contributed by atoms with Gasteiger partial charge in [0.2, 0.25) is 0 Å². The van der Waals surface area contributed by atoms with Gasteiger partial charge in [0.25, 0.3) is 0 Å². The molecule has 0 bridgehead atoms. The number of rotatable bonds is 9. The van der Waals surface area contributed by atoms with Gasteiger partial charge in [-0.1, -0.05) is 54.6 Å². The molecule has 0 spiro atoms. The fraction of sp³-hybridized carbons (Fsp3) is 0.292. The first kappa shape index (κ1) is 20.7. The van der Waals surface area contributed by atoms with E-state index in [1.165, 1.54) is 16.7 Å². The summed E-state index contributed by atoms with van der Waals surface area (Å²) in [6.45, 7) is 3.23. The van der Waals surface area contributed by atoms with E-state index in [4.69, 9.17) is 4.42 Å². The SMILES string of the molecule is CN=C(NCCc1ccccc1)NCc1ccccc1CN(C)Cc1ccco1. The number of hydrogen-bond donors (Lipinski definition) is 2. The summed E-state index contributed by atoms with van der Waals surface area (Å²) in [5.74, 6) is 1.80. The molecule has 2 aromatic carbocycles. The lowest BCUT2D eigenvalue weighted by Crippen LogP contribution is -2.38. The molecule has 3 rings (SSSR count). The number of guanidine groups is 1. The van der Waals surface area contributed by atoms with Gasteiger partial charge in [-0.05, 0) is 42.3 Å². The van der Waals surface area contributed by atoms with E-state index in [1.54, 1.807) is 13.3 Å². The molecule has 5 heteroatoms. The van der Waals surface area contributed by atoms with Crippen molar-refractivity contribution in [2.45, 2.75) is 26.1 Å². The molecule has 0 fully saturated rings. The predicted octanol–water partition coefficient (Wildman–Crippen LogP) is 3.82.